The molecule has 0 fully saturated rings. The maximum atomic E-state index is 12.2. The number of rotatable bonds is 7. The van der Waals surface area contributed by atoms with E-state index in [9.17, 15) is 18.2 Å². The molecule has 2 aromatic carbocycles. The molecule has 1 radical (unpaired) electrons. The summed E-state index contributed by atoms with van der Waals surface area (Å²) < 4.78 is 26.8. The standard InChI is InChI=1S/C15H15BNO5S/c18-15(19)13-8-4-7-12(9-13)14(16-20)17-23(21,22)10-11-5-2-1-3-6-11/h1-9,14,17,20H,10H2,(H,18,19). The van der Waals surface area contributed by atoms with Crippen LogP contribution in [0.2, 0.25) is 0 Å². The number of sulfonamides is 1. The molecule has 2 rings (SSSR count). The molecule has 0 saturated carbocycles. The maximum Gasteiger partial charge on any atom is 0.335 e. The minimum atomic E-state index is -3.72. The second-order valence-electron chi connectivity index (χ2n) is 4.92. The van der Waals surface area contributed by atoms with Gasteiger partial charge in [0.25, 0.3) is 0 Å². The minimum Gasteiger partial charge on any atom is -0.478 e. The Kier molecular flexibility index (Phi) is 5.54. The summed E-state index contributed by atoms with van der Waals surface area (Å²) in [7, 11) is -3.03. The third kappa shape index (κ3) is 4.92. The van der Waals surface area contributed by atoms with Crippen LogP contribution in [0.15, 0.2) is 54.6 Å². The molecule has 0 aliphatic rings. The van der Waals surface area contributed by atoms with E-state index >= 15 is 0 Å². The highest BCUT2D eigenvalue weighted by Gasteiger charge is 2.21. The third-order valence-corrected chi connectivity index (χ3v) is 4.47. The Morgan fingerprint density at radius 2 is 1.83 bits per heavy atom. The van der Waals surface area contributed by atoms with E-state index in [1.165, 1.54) is 24.3 Å². The first-order valence-electron chi connectivity index (χ1n) is 6.76. The Morgan fingerprint density at radius 1 is 1.13 bits per heavy atom. The van der Waals surface area contributed by atoms with E-state index in [0.717, 1.165) is 0 Å². The lowest BCUT2D eigenvalue weighted by molar-refractivity contribution is 0.0696. The normalized spacial score (nSPS) is 12.6. The van der Waals surface area contributed by atoms with Crippen molar-refractivity contribution in [3.63, 3.8) is 0 Å². The summed E-state index contributed by atoms with van der Waals surface area (Å²) in [6.45, 7) is 0. The third-order valence-electron chi connectivity index (χ3n) is 3.15. The topological polar surface area (TPSA) is 104 Å². The van der Waals surface area contributed by atoms with Crippen molar-refractivity contribution in [2.24, 2.45) is 0 Å². The monoisotopic (exact) mass is 332 g/mol. The molecule has 0 spiro atoms. The van der Waals surface area contributed by atoms with E-state index in [1.807, 2.05) is 0 Å². The van der Waals surface area contributed by atoms with Gasteiger partial charge in [-0.3, -0.25) is 0 Å². The molecular weight excluding hydrogens is 317 g/mol. The predicted molar refractivity (Wildman–Crippen MR) is 86.3 cm³/mol. The molecule has 6 nitrogen and oxygen atoms in total. The van der Waals surface area contributed by atoms with Gasteiger partial charge in [0.15, 0.2) is 0 Å². The van der Waals surface area contributed by atoms with Gasteiger partial charge in [0.2, 0.25) is 10.0 Å². The molecule has 0 saturated heterocycles. The second kappa shape index (κ2) is 7.41. The fraction of sp³-hybridized carbons (Fsp3) is 0.133. The predicted octanol–water partition coefficient (Wildman–Crippen LogP) is 1.11. The lowest BCUT2D eigenvalue weighted by Gasteiger charge is -2.16. The molecular formula is C15H15BNO5S. The van der Waals surface area contributed by atoms with E-state index in [0.29, 0.717) is 18.6 Å². The van der Waals surface area contributed by atoms with Crippen LogP contribution in [0.1, 0.15) is 27.4 Å². The molecule has 0 heterocycles. The minimum absolute atomic E-state index is 0.0107. The highest BCUT2D eigenvalue weighted by molar-refractivity contribution is 7.88. The second-order valence-corrected chi connectivity index (χ2v) is 6.67. The summed E-state index contributed by atoms with van der Waals surface area (Å²) in [6.07, 6.45) is 0. The Hall–Kier alpha value is -2.16. The lowest BCUT2D eigenvalue weighted by atomic mass is 9.83. The average molecular weight is 332 g/mol. The zero-order valence-electron chi connectivity index (χ0n) is 12.1. The van der Waals surface area contributed by atoms with Crippen molar-refractivity contribution in [2.75, 3.05) is 0 Å². The number of hydrogen-bond donors (Lipinski definition) is 3. The number of aromatic carboxylic acids is 1. The van der Waals surface area contributed by atoms with Gasteiger partial charge in [-0.15, -0.1) is 0 Å². The van der Waals surface area contributed by atoms with Gasteiger partial charge in [0, 0.05) is 5.94 Å². The molecule has 119 valence electrons. The van der Waals surface area contributed by atoms with E-state index in [2.05, 4.69) is 4.72 Å². The van der Waals surface area contributed by atoms with Crippen molar-refractivity contribution >= 4 is 23.5 Å². The Labute approximate surface area is 135 Å². The van der Waals surface area contributed by atoms with Gasteiger partial charge in [-0.2, -0.15) is 0 Å². The van der Waals surface area contributed by atoms with Crippen LogP contribution in [0.5, 0.6) is 0 Å². The molecule has 0 aliphatic carbocycles. The quantitative estimate of drug-likeness (QED) is 0.659. The summed E-state index contributed by atoms with van der Waals surface area (Å²) in [6, 6.07) is 14.3. The van der Waals surface area contributed by atoms with Gasteiger partial charge in [-0.25, -0.2) is 17.9 Å². The Balaban J connectivity index is 2.18. The zero-order valence-corrected chi connectivity index (χ0v) is 12.9. The van der Waals surface area contributed by atoms with Crippen LogP contribution in [-0.4, -0.2) is 32.0 Å². The fourth-order valence-corrected chi connectivity index (χ4v) is 3.38. The largest absolute Gasteiger partial charge is 0.478 e. The Morgan fingerprint density at radius 3 is 2.43 bits per heavy atom. The van der Waals surface area contributed by atoms with Gasteiger partial charge in [-0.05, 0) is 23.3 Å². The summed E-state index contributed by atoms with van der Waals surface area (Å²) in [5.74, 6) is -2.39. The molecule has 23 heavy (non-hydrogen) atoms. The number of carbonyl (C=O) groups is 1. The zero-order chi connectivity index (χ0) is 16.9. The number of nitrogens with one attached hydrogen (secondary N) is 1. The van der Waals surface area contributed by atoms with E-state index < -0.39 is 21.9 Å². The molecule has 0 amide bonds. The van der Waals surface area contributed by atoms with Gasteiger partial charge < -0.3 is 10.1 Å². The van der Waals surface area contributed by atoms with Crippen molar-refractivity contribution in [1.82, 2.24) is 4.72 Å². The SMILES string of the molecule is O=C(O)c1cccc(C([B]O)NS(=O)(=O)Cc2ccccc2)c1. The molecule has 3 N–H and O–H groups in total. The van der Waals surface area contributed by atoms with Gasteiger partial charge in [0.1, 0.15) is 0 Å². The number of carboxylic acid groups (broad SMARTS) is 1. The van der Waals surface area contributed by atoms with Crippen molar-refractivity contribution in [3.8, 4) is 0 Å². The number of carboxylic acids is 1. The number of hydrogen-bond acceptors (Lipinski definition) is 4. The van der Waals surface area contributed by atoms with E-state index in [4.69, 9.17) is 5.11 Å². The van der Waals surface area contributed by atoms with Crippen LogP contribution < -0.4 is 4.72 Å². The summed E-state index contributed by atoms with van der Waals surface area (Å²) >= 11 is 0. The van der Waals surface area contributed by atoms with Crippen LogP contribution in [0, 0.1) is 0 Å². The number of benzene rings is 2. The molecule has 1 atom stereocenters. The molecule has 0 aliphatic heterocycles. The fourth-order valence-electron chi connectivity index (χ4n) is 2.08. The summed E-state index contributed by atoms with van der Waals surface area (Å²) in [5, 5.41) is 18.3. The first kappa shape index (κ1) is 17.2. The Bertz CT molecular complexity index is 779. The van der Waals surface area contributed by atoms with Crippen molar-refractivity contribution in [1.29, 1.82) is 0 Å². The maximum absolute atomic E-state index is 12.2. The summed E-state index contributed by atoms with van der Waals surface area (Å²) in [4.78, 5) is 11.0. The molecule has 2 aromatic rings. The van der Waals surface area contributed by atoms with Crippen molar-refractivity contribution < 1.29 is 23.3 Å². The average Bonchev–Trinajstić information content (AvgIpc) is 2.53. The van der Waals surface area contributed by atoms with Crippen molar-refractivity contribution in [2.45, 2.75) is 11.7 Å². The van der Waals surface area contributed by atoms with E-state index in [-0.39, 0.29) is 11.3 Å². The van der Waals surface area contributed by atoms with Crippen LogP contribution in [-0.2, 0) is 15.8 Å². The van der Waals surface area contributed by atoms with Crippen LogP contribution >= 0.6 is 0 Å². The van der Waals surface area contributed by atoms with Gasteiger partial charge in [-0.1, -0.05) is 42.5 Å². The lowest BCUT2D eigenvalue weighted by Crippen LogP contribution is -2.33. The molecule has 0 aromatic heterocycles. The van der Waals surface area contributed by atoms with Gasteiger partial charge in [0.05, 0.1) is 11.3 Å². The molecule has 1 unspecified atom stereocenters. The first-order valence-corrected chi connectivity index (χ1v) is 8.41. The molecule has 8 heteroatoms. The van der Waals surface area contributed by atoms with Gasteiger partial charge >= 0.3 is 13.5 Å². The summed E-state index contributed by atoms with van der Waals surface area (Å²) in [5.41, 5.74) is 0.955. The molecule has 0 bridgehead atoms. The first-order chi connectivity index (χ1) is 10.9. The van der Waals surface area contributed by atoms with Crippen LogP contribution in [0.4, 0.5) is 0 Å². The van der Waals surface area contributed by atoms with Crippen LogP contribution in [0.3, 0.4) is 0 Å². The van der Waals surface area contributed by atoms with Crippen molar-refractivity contribution in [3.05, 3.63) is 71.3 Å². The smallest absolute Gasteiger partial charge is 0.335 e. The highest BCUT2D eigenvalue weighted by atomic mass is 32.2. The van der Waals surface area contributed by atoms with E-state index in [1.54, 1.807) is 30.3 Å². The highest BCUT2D eigenvalue weighted by Crippen LogP contribution is 2.16. The van der Waals surface area contributed by atoms with Crippen LogP contribution in [0.25, 0.3) is 0 Å².